The number of amides is 1. The first-order valence-corrected chi connectivity index (χ1v) is 6.58. The molecule has 1 aromatic carbocycles. The topological polar surface area (TPSA) is 109 Å². The number of benzene rings is 1. The van der Waals surface area contributed by atoms with E-state index in [-0.39, 0.29) is 16.5 Å². The van der Waals surface area contributed by atoms with Crippen molar-refractivity contribution in [2.75, 3.05) is 11.1 Å². The van der Waals surface area contributed by atoms with Gasteiger partial charge in [-0.15, -0.1) is 0 Å². The quantitative estimate of drug-likeness (QED) is 0.417. The summed E-state index contributed by atoms with van der Waals surface area (Å²) in [5.41, 5.74) is 5.98. The van der Waals surface area contributed by atoms with E-state index < -0.39 is 10.1 Å². The molecule has 8 heteroatoms. The summed E-state index contributed by atoms with van der Waals surface area (Å²) in [6, 6.07) is 2.31. The highest BCUT2D eigenvalue weighted by atomic mass is 127. The number of nitrogen functional groups attached to an aromatic ring is 1. The maximum Gasteiger partial charge on any atom is 0.294 e. The van der Waals surface area contributed by atoms with Crippen LogP contribution in [-0.2, 0) is 14.9 Å². The lowest BCUT2D eigenvalue weighted by Gasteiger charge is -2.10. The lowest BCUT2D eigenvalue weighted by Crippen LogP contribution is -2.11. The molecular formula is C8H9IN2O4S. The van der Waals surface area contributed by atoms with E-state index in [1.807, 2.05) is 22.6 Å². The molecule has 0 unspecified atom stereocenters. The lowest BCUT2D eigenvalue weighted by molar-refractivity contribution is -0.114. The van der Waals surface area contributed by atoms with E-state index in [0.717, 1.165) is 6.07 Å². The van der Waals surface area contributed by atoms with Gasteiger partial charge in [-0.3, -0.25) is 9.35 Å². The van der Waals surface area contributed by atoms with Crippen LogP contribution in [-0.4, -0.2) is 18.9 Å². The van der Waals surface area contributed by atoms with Gasteiger partial charge in [-0.2, -0.15) is 8.42 Å². The van der Waals surface area contributed by atoms with Gasteiger partial charge in [0.2, 0.25) is 5.91 Å². The maximum absolute atomic E-state index is 10.9. The number of hydrogen-bond donors (Lipinski definition) is 3. The van der Waals surface area contributed by atoms with Crippen molar-refractivity contribution in [1.29, 1.82) is 0 Å². The van der Waals surface area contributed by atoms with Gasteiger partial charge in [0.05, 0.1) is 16.3 Å². The maximum atomic E-state index is 10.9. The van der Waals surface area contributed by atoms with Crippen LogP contribution in [0.5, 0.6) is 0 Å². The van der Waals surface area contributed by atoms with Gasteiger partial charge in [-0.1, -0.05) is 0 Å². The van der Waals surface area contributed by atoms with E-state index in [4.69, 9.17) is 10.3 Å². The number of hydrogen-bond acceptors (Lipinski definition) is 4. The van der Waals surface area contributed by atoms with Gasteiger partial charge in [0.15, 0.2) is 0 Å². The van der Waals surface area contributed by atoms with Crippen LogP contribution in [0, 0.1) is 3.57 Å². The molecule has 0 radical (unpaired) electrons. The summed E-state index contributed by atoms with van der Waals surface area (Å²) < 4.78 is 31.0. The predicted molar refractivity (Wildman–Crippen MR) is 67.7 cm³/mol. The number of halogens is 1. The molecule has 0 atom stereocenters. The fourth-order valence-electron chi connectivity index (χ4n) is 1.06. The zero-order valence-corrected chi connectivity index (χ0v) is 11.2. The third-order valence-electron chi connectivity index (χ3n) is 1.69. The molecule has 1 rings (SSSR count). The van der Waals surface area contributed by atoms with E-state index in [0.29, 0.717) is 9.26 Å². The Labute approximate surface area is 106 Å². The van der Waals surface area contributed by atoms with Gasteiger partial charge in [-0.05, 0) is 34.7 Å². The van der Waals surface area contributed by atoms with Crippen molar-refractivity contribution in [3.63, 3.8) is 0 Å². The van der Waals surface area contributed by atoms with Crippen LogP contribution >= 0.6 is 22.6 Å². The highest BCUT2D eigenvalue weighted by Gasteiger charge is 2.15. The van der Waals surface area contributed by atoms with Crippen LogP contribution in [0.3, 0.4) is 0 Å². The minimum Gasteiger partial charge on any atom is -0.397 e. The fourth-order valence-corrected chi connectivity index (χ4v) is 2.59. The molecule has 0 spiro atoms. The summed E-state index contributed by atoms with van der Waals surface area (Å²) in [5, 5.41) is 2.47. The second-order valence-electron chi connectivity index (χ2n) is 3.03. The Morgan fingerprint density at radius 2 is 2.06 bits per heavy atom. The molecule has 0 fully saturated rings. The van der Waals surface area contributed by atoms with Crippen molar-refractivity contribution >= 4 is 50.0 Å². The zero-order valence-electron chi connectivity index (χ0n) is 8.19. The number of rotatable bonds is 2. The standard InChI is InChI=1S/C8H9IN2O4S/c1-4(12)11-8-6(9)2-5(3-7(8)10)16(13,14)15/h2-3H,10H2,1H3,(H,11,12)(H,13,14,15). The lowest BCUT2D eigenvalue weighted by atomic mass is 10.2. The zero-order chi connectivity index (χ0) is 12.5. The molecule has 6 nitrogen and oxygen atoms in total. The molecular weight excluding hydrogens is 347 g/mol. The first-order valence-electron chi connectivity index (χ1n) is 4.06. The summed E-state index contributed by atoms with van der Waals surface area (Å²) in [4.78, 5) is 10.6. The number of carbonyl (C=O) groups excluding carboxylic acids is 1. The molecule has 0 aliphatic heterocycles. The monoisotopic (exact) mass is 356 g/mol. The van der Waals surface area contributed by atoms with Gasteiger partial charge >= 0.3 is 0 Å². The summed E-state index contributed by atoms with van der Waals surface area (Å²) in [6.45, 7) is 1.31. The van der Waals surface area contributed by atoms with E-state index in [1.165, 1.54) is 13.0 Å². The molecule has 16 heavy (non-hydrogen) atoms. The third-order valence-corrected chi connectivity index (χ3v) is 3.38. The number of anilines is 2. The van der Waals surface area contributed by atoms with Crippen molar-refractivity contribution < 1.29 is 17.8 Å². The minimum absolute atomic E-state index is 0.0784. The number of carbonyl (C=O) groups is 1. The average Bonchev–Trinajstić information content (AvgIpc) is 2.09. The van der Waals surface area contributed by atoms with Gasteiger partial charge in [0, 0.05) is 10.5 Å². The van der Waals surface area contributed by atoms with E-state index in [1.54, 1.807) is 0 Å². The Bertz CT molecular complexity index is 518. The molecule has 0 bridgehead atoms. The average molecular weight is 356 g/mol. The van der Waals surface area contributed by atoms with Gasteiger partial charge in [0.1, 0.15) is 0 Å². The van der Waals surface area contributed by atoms with Crippen molar-refractivity contribution in [2.24, 2.45) is 0 Å². The molecule has 88 valence electrons. The van der Waals surface area contributed by atoms with Gasteiger partial charge < -0.3 is 11.1 Å². The Balaban J connectivity index is 3.34. The van der Waals surface area contributed by atoms with Crippen LogP contribution in [0.4, 0.5) is 11.4 Å². The van der Waals surface area contributed by atoms with Crippen molar-refractivity contribution in [3.05, 3.63) is 15.7 Å². The summed E-state index contributed by atoms with van der Waals surface area (Å²) in [5.74, 6) is -0.316. The highest BCUT2D eigenvalue weighted by molar-refractivity contribution is 14.1. The Hall–Kier alpha value is -0.870. The normalized spacial score (nSPS) is 11.2. The summed E-state index contributed by atoms with van der Waals surface area (Å²) >= 11 is 1.81. The fraction of sp³-hybridized carbons (Fsp3) is 0.125. The summed E-state index contributed by atoms with van der Waals surface area (Å²) in [6.07, 6.45) is 0. The molecule has 0 heterocycles. The second kappa shape index (κ2) is 4.55. The third kappa shape index (κ3) is 3.06. The summed E-state index contributed by atoms with van der Waals surface area (Å²) in [7, 11) is -4.29. The first-order chi connectivity index (χ1) is 7.21. The van der Waals surface area contributed by atoms with Gasteiger partial charge in [0.25, 0.3) is 10.1 Å². The molecule has 0 saturated heterocycles. The molecule has 0 aliphatic carbocycles. The molecule has 0 saturated carbocycles. The molecule has 4 N–H and O–H groups in total. The van der Waals surface area contributed by atoms with Crippen LogP contribution in [0.1, 0.15) is 6.92 Å². The molecule has 0 aromatic heterocycles. The first kappa shape index (κ1) is 13.2. The molecule has 1 amide bonds. The Morgan fingerprint density at radius 1 is 1.50 bits per heavy atom. The smallest absolute Gasteiger partial charge is 0.294 e. The Morgan fingerprint density at radius 3 is 2.44 bits per heavy atom. The SMILES string of the molecule is CC(=O)Nc1c(N)cc(S(=O)(=O)O)cc1I. The molecule has 0 aliphatic rings. The van der Waals surface area contributed by atoms with E-state index in [9.17, 15) is 13.2 Å². The van der Waals surface area contributed by atoms with Crippen molar-refractivity contribution in [3.8, 4) is 0 Å². The van der Waals surface area contributed by atoms with Crippen LogP contribution in [0.15, 0.2) is 17.0 Å². The number of nitrogens with one attached hydrogen (secondary N) is 1. The predicted octanol–water partition coefficient (Wildman–Crippen LogP) is 1.08. The van der Waals surface area contributed by atoms with Crippen LogP contribution < -0.4 is 11.1 Å². The number of nitrogens with two attached hydrogens (primary N) is 1. The van der Waals surface area contributed by atoms with Gasteiger partial charge in [-0.25, -0.2) is 0 Å². The van der Waals surface area contributed by atoms with E-state index in [2.05, 4.69) is 5.32 Å². The van der Waals surface area contributed by atoms with E-state index >= 15 is 0 Å². The largest absolute Gasteiger partial charge is 0.397 e. The minimum atomic E-state index is -4.29. The second-order valence-corrected chi connectivity index (χ2v) is 5.61. The van der Waals surface area contributed by atoms with Crippen LogP contribution in [0.2, 0.25) is 0 Å². The molecule has 1 aromatic rings. The Kier molecular flexibility index (Phi) is 3.76. The highest BCUT2D eigenvalue weighted by Crippen LogP contribution is 2.28. The van der Waals surface area contributed by atoms with Crippen molar-refractivity contribution in [2.45, 2.75) is 11.8 Å². The van der Waals surface area contributed by atoms with Crippen molar-refractivity contribution in [1.82, 2.24) is 0 Å². The van der Waals surface area contributed by atoms with Crippen LogP contribution in [0.25, 0.3) is 0 Å².